The Morgan fingerprint density at radius 2 is 2.24 bits per heavy atom. The summed E-state index contributed by atoms with van der Waals surface area (Å²) in [5.74, 6) is 0.461. The lowest BCUT2D eigenvalue weighted by molar-refractivity contribution is 0.154. The molecule has 1 aromatic heterocycles. The van der Waals surface area contributed by atoms with Crippen LogP contribution in [-0.4, -0.2) is 23.6 Å². The van der Waals surface area contributed by atoms with Crippen molar-refractivity contribution in [1.82, 2.24) is 10.1 Å². The van der Waals surface area contributed by atoms with Gasteiger partial charge in [-0.1, -0.05) is 17.7 Å². The Hall–Kier alpha value is -1.59. The van der Waals surface area contributed by atoms with Crippen LogP contribution in [0.15, 0.2) is 33.6 Å². The van der Waals surface area contributed by atoms with Gasteiger partial charge in [-0.05, 0) is 38.6 Å². The van der Waals surface area contributed by atoms with Crippen LogP contribution in [0.3, 0.4) is 0 Å². The molecule has 0 spiro atoms. The number of piperidine rings is 1. The van der Waals surface area contributed by atoms with Crippen molar-refractivity contribution in [3.8, 4) is 0 Å². The molecular weight excluding hydrogens is 295 g/mol. The van der Waals surface area contributed by atoms with Crippen LogP contribution in [0.4, 0.5) is 4.39 Å². The largest absolute Gasteiger partial charge is 0.383 e. The van der Waals surface area contributed by atoms with Gasteiger partial charge < -0.3 is 4.52 Å². The van der Waals surface area contributed by atoms with Gasteiger partial charge in [0.25, 0.3) is 5.56 Å². The van der Waals surface area contributed by atoms with E-state index in [0.29, 0.717) is 22.8 Å². The maximum absolute atomic E-state index is 14.2. The number of halogens is 2. The molecule has 3 rings (SSSR count). The van der Waals surface area contributed by atoms with Crippen molar-refractivity contribution in [3.05, 3.63) is 56.8 Å². The molecule has 2 heterocycles. The number of aromatic amines is 1. The fourth-order valence-corrected chi connectivity index (χ4v) is 3.13. The van der Waals surface area contributed by atoms with E-state index < -0.39 is 0 Å². The molecule has 112 valence electrons. The molecule has 1 saturated heterocycles. The standard InChI is InChI=1S/C15H16ClFN2O2/c1-19-5-4-9(14-8-15(20)18-21-14)6-13(19)11-3-2-10(16)7-12(11)17/h2-3,7-9,13H,4-6H2,1H3,(H,18,20)/t9-,13+/m1/s1. The Balaban J connectivity index is 1.88. The van der Waals surface area contributed by atoms with Gasteiger partial charge in [-0.15, -0.1) is 0 Å². The predicted molar refractivity (Wildman–Crippen MR) is 78.1 cm³/mol. The van der Waals surface area contributed by atoms with Crippen LogP contribution in [0.5, 0.6) is 0 Å². The van der Waals surface area contributed by atoms with Gasteiger partial charge in [-0.3, -0.25) is 9.69 Å². The minimum absolute atomic E-state index is 0.0544. The van der Waals surface area contributed by atoms with E-state index in [1.807, 2.05) is 7.05 Å². The number of benzene rings is 1. The second-order valence-electron chi connectivity index (χ2n) is 5.50. The third kappa shape index (κ3) is 2.89. The maximum Gasteiger partial charge on any atom is 0.280 e. The maximum atomic E-state index is 14.2. The summed E-state index contributed by atoms with van der Waals surface area (Å²) in [6.45, 7) is 0.812. The number of aromatic nitrogens is 1. The van der Waals surface area contributed by atoms with E-state index in [9.17, 15) is 9.18 Å². The van der Waals surface area contributed by atoms with Gasteiger partial charge in [-0.25, -0.2) is 4.39 Å². The molecule has 1 fully saturated rings. The molecule has 6 heteroatoms. The topological polar surface area (TPSA) is 49.2 Å². The third-order valence-corrected chi connectivity index (χ3v) is 4.37. The number of likely N-dealkylation sites (tertiary alicyclic amines) is 1. The van der Waals surface area contributed by atoms with E-state index in [0.717, 1.165) is 13.0 Å². The lowest BCUT2D eigenvalue weighted by atomic mass is 9.86. The molecule has 2 aromatic rings. The van der Waals surface area contributed by atoms with Crippen LogP contribution in [0, 0.1) is 5.82 Å². The highest BCUT2D eigenvalue weighted by molar-refractivity contribution is 6.30. The average molecular weight is 311 g/mol. The minimum Gasteiger partial charge on any atom is -0.383 e. The summed E-state index contributed by atoms with van der Waals surface area (Å²) in [6, 6.07) is 6.19. The van der Waals surface area contributed by atoms with Crippen molar-refractivity contribution < 1.29 is 8.91 Å². The molecule has 1 aromatic carbocycles. The van der Waals surface area contributed by atoms with Crippen molar-refractivity contribution in [2.24, 2.45) is 0 Å². The van der Waals surface area contributed by atoms with E-state index in [4.69, 9.17) is 16.1 Å². The molecule has 4 nitrogen and oxygen atoms in total. The van der Waals surface area contributed by atoms with Crippen LogP contribution >= 0.6 is 11.6 Å². The Morgan fingerprint density at radius 1 is 1.43 bits per heavy atom. The van der Waals surface area contributed by atoms with Crippen molar-refractivity contribution in [1.29, 1.82) is 0 Å². The van der Waals surface area contributed by atoms with Crippen molar-refractivity contribution in [3.63, 3.8) is 0 Å². The number of hydrogen-bond acceptors (Lipinski definition) is 3. The molecule has 21 heavy (non-hydrogen) atoms. The summed E-state index contributed by atoms with van der Waals surface area (Å²) < 4.78 is 19.4. The van der Waals surface area contributed by atoms with Crippen LogP contribution in [0.2, 0.25) is 5.02 Å². The molecule has 2 atom stereocenters. The summed E-state index contributed by atoms with van der Waals surface area (Å²) in [4.78, 5) is 13.3. The SMILES string of the molecule is CN1CC[C@@H](c2cc(=O)[nH]o2)C[C@H]1c1ccc(Cl)cc1F. The molecule has 0 saturated carbocycles. The van der Waals surface area contributed by atoms with Crippen LogP contribution in [0.25, 0.3) is 0 Å². The van der Waals surface area contributed by atoms with Gasteiger partial charge in [0.05, 0.1) is 0 Å². The van der Waals surface area contributed by atoms with E-state index in [-0.39, 0.29) is 23.3 Å². The van der Waals surface area contributed by atoms with E-state index in [1.165, 1.54) is 12.1 Å². The van der Waals surface area contributed by atoms with Crippen LogP contribution in [0.1, 0.15) is 36.1 Å². The summed E-state index contributed by atoms with van der Waals surface area (Å²) in [5, 5.41) is 2.71. The lowest BCUT2D eigenvalue weighted by Crippen LogP contribution is -2.33. The molecule has 0 radical (unpaired) electrons. The van der Waals surface area contributed by atoms with E-state index in [2.05, 4.69) is 10.1 Å². The molecule has 0 aliphatic carbocycles. The summed E-state index contributed by atoms with van der Waals surface area (Å²) in [6.07, 6.45) is 1.58. The summed E-state index contributed by atoms with van der Waals surface area (Å²) in [5.41, 5.74) is 0.391. The minimum atomic E-state index is -0.296. The highest BCUT2D eigenvalue weighted by atomic mass is 35.5. The first-order valence-electron chi connectivity index (χ1n) is 6.88. The zero-order valence-electron chi connectivity index (χ0n) is 11.6. The quantitative estimate of drug-likeness (QED) is 0.926. The van der Waals surface area contributed by atoms with E-state index >= 15 is 0 Å². The van der Waals surface area contributed by atoms with Crippen LogP contribution in [-0.2, 0) is 0 Å². The molecule has 0 amide bonds. The normalized spacial score (nSPS) is 23.4. The van der Waals surface area contributed by atoms with Gasteiger partial charge in [0.15, 0.2) is 0 Å². The number of nitrogens with one attached hydrogen (secondary N) is 1. The predicted octanol–water partition coefficient (Wildman–Crippen LogP) is 3.31. The second-order valence-corrected chi connectivity index (χ2v) is 5.94. The lowest BCUT2D eigenvalue weighted by Gasteiger charge is -2.36. The number of rotatable bonds is 2. The molecule has 1 aliphatic rings. The number of hydrogen-bond donors (Lipinski definition) is 1. The monoisotopic (exact) mass is 310 g/mol. The smallest absolute Gasteiger partial charge is 0.280 e. The molecular formula is C15H16ClFN2O2. The molecule has 1 aliphatic heterocycles. The van der Waals surface area contributed by atoms with Gasteiger partial charge in [0, 0.05) is 28.6 Å². The Bertz CT molecular complexity index is 697. The number of H-pyrrole nitrogens is 1. The number of nitrogens with zero attached hydrogens (tertiary/aromatic N) is 1. The second kappa shape index (κ2) is 5.66. The molecule has 1 N–H and O–H groups in total. The highest BCUT2D eigenvalue weighted by Gasteiger charge is 2.31. The molecule has 0 unspecified atom stereocenters. The first kappa shape index (κ1) is 14.4. The average Bonchev–Trinajstić information content (AvgIpc) is 2.87. The first-order valence-corrected chi connectivity index (χ1v) is 7.26. The Kier molecular flexibility index (Phi) is 3.87. The zero-order valence-corrected chi connectivity index (χ0v) is 12.4. The van der Waals surface area contributed by atoms with Crippen molar-refractivity contribution in [2.75, 3.05) is 13.6 Å². The third-order valence-electron chi connectivity index (χ3n) is 4.14. The van der Waals surface area contributed by atoms with Gasteiger partial charge >= 0.3 is 0 Å². The Morgan fingerprint density at radius 3 is 2.90 bits per heavy atom. The van der Waals surface area contributed by atoms with Gasteiger partial charge in [-0.2, -0.15) is 5.16 Å². The zero-order chi connectivity index (χ0) is 15.0. The van der Waals surface area contributed by atoms with Crippen molar-refractivity contribution >= 4 is 11.6 Å². The fourth-order valence-electron chi connectivity index (χ4n) is 2.98. The van der Waals surface area contributed by atoms with Gasteiger partial charge in [0.2, 0.25) is 0 Å². The van der Waals surface area contributed by atoms with Crippen LogP contribution < -0.4 is 5.56 Å². The van der Waals surface area contributed by atoms with Gasteiger partial charge in [0.1, 0.15) is 11.6 Å². The fraction of sp³-hybridized carbons (Fsp3) is 0.400. The molecule has 0 bridgehead atoms. The summed E-state index contributed by atoms with van der Waals surface area (Å²) in [7, 11) is 1.97. The van der Waals surface area contributed by atoms with E-state index in [1.54, 1.807) is 12.1 Å². The summed E-state index contributed by atoms with van der Waals surface area (Å²) >= 11 is 5.81. The highest BCUT2D eigenvalue weighted by Crippen LogP contribution is 2.39. The van der Waals surface area contributed by atoms with Crippen molar-refractivity contribution in [2.45, 2.75) is 24.8 Å². The Labute approximate surface area is 126 Å². The first-order chi connectivity index (χ1) is 10.0.